The number of nitrogens with one attached hydrogen (secondary N) is 1. The first-order valence-corrected chi connectivity index (χ1v) is 7.85. The van der Waals surface area contributed by atoms with E-state index in [1.807, 2.05) is 48.5 Å². The Morgan fingerprint density at radius 1 is 0.840 bits per heavy atom. The summed E-state index contributed by atoms with van der Waals surface area (Å²) in [6, 6.07) is 19.1. The molecule has 0 aliphatic heterocycles. The second-order valence-electron chi connectivity index (χ2n) is 5.94. The first-order valence-electron chi connectivity index (χ1n) is 7.85. The van der Waals surface area contributed by atoms with Gasteiger partial charge < -0.3 is 5.32 Å². The van der Waals surface area contributed by atoms with Crippen molar-refractivity contribution in [1.29, 1.82) is 0 Å². The summed E-state index contributed by atoms with van der Waals surface area (Å²) in [6.07, 6.45) is 0. The molecule has 25 heavy (non-hydrogen) atoms. The molecule has 0 atom stereocenters. The molecule has 0 heterocycles. The number of hydrogen-bond donors (Lipinski definition) is 1. The van der Waals surface area contributed by atoms with Gasteiger partial charge in [-0.1, -0.05) is 48.5 Å². The normalized spacial score (nSPS) is 11.1. The number of carbonyl (C=O) groups is 1. The van der Waals surface area contributed by atoms with Crippen molar-refractivity contribution in [1.82, 2.24) is 0 Å². The quantitative estimate of drug-likeness (QED) is 0.319. The Balaban J connectivity index is 2.12. The van der Waals surface area contributed by atoms with Crippen LogP contribution in [0.5, 0.6) is 0 Å². The number of fused-ring (bicyclic) bond motifs is 5. The fourth-order valence-electron chi connectivity index (χ4n) is 3.38. The van der Waals surface area contributed by atoms with E-state index in [2.05, 4.69) is 5.32 Å². The highest BCUT2D eigenvalue weighted by atomic mass is 16.6. The highest BCUT2D eigenvalue weighted by molar-refractivity contribution is 6.19. The monoisotopic (exact) mass is 330 g/mol. The molecular formula is C20H14N2O3. The van der Waals surface area contributed by atoms with Crippen LogP contribution in [0, 0.1) is 10.1 Å². The van der Waals surface area contributed by atoms with Gasteiger partial charge in [-0.25, -0.2) is 0 Å². The Morgan fingerprint density at radius 2 is 1.44 bits per heavy atom. The van der Waals surface area contributed by atoms with Crippen LogP contribution in [-0.4, -0.2) is 10.8 Å². The molecule has 4 rings (SSSR count). The van der Waals surface area contributed by atoms with E-state index in [-0.39, 0.29) is 17.3 Å². The molecule has 0 aliphatic rings. The molecule has 5 heteroatoms. The maximum atomic E-state index is 11.6. The largest absolute Gasteiger partial charge is 0.321 e. The molecule has 5 nitrogen and oxygen atoms in total. The Morgan fingerprint density at radius 3 is 2.20 bits per heavy atom. The molecule has 0 unspecified atom stereocenters. The van der Waals surface area contributed by atoms with E-state index in [0.717, 1.165) is 26.9 Å². The fraction of sp³-hybridized carbons (Fsp3) is 0.0500. The number of amides is 1. The fourth-order valence-corrected chi connectivity index (χ4v) is 3.38. The van der Waals surface area contributed by atoms with Crippen LogP contribution >= 0.6 is 0 Å². The second-order valence-corrected chi connectivity index (χ2v) is 5.94. The third kappa shape index (κ3) is 2.37. The molecule has 0 spiro atoms. The van der Waals surface area contributed by atoms with Gasteiger partial charge in [0.1, 0.15) is 5.69 Å². The summed E-state index contributed by atoms with van der Waals surface area (Å²) in [4.78, 5) is 22.5. The average Bonchev–Trinajstić information content (AvgIpc) is 2.59. The third-order valence-corrected chi connectivity index (χ3v) is 4.39. The third-order valence-electron chi connectivity index (χ3n) is 4.39. The van der Waals surface area contributed by atoms with Crippen LogP contribution in [0.4, 0.5) is 11.4 Å². The maximum absolute atomic E-state index is 11.6. The van der Waals surface area contributed by atoms with E-state index in [0.29, 0.717) is 5.39 Å². The van der Waals surface area contributed by atoms with E-state index < -0.39 is 4.92 Å². The summed E-state index contributed by atoms with van der Waals surface area (Å²) in [7, 11) is 0. The maximum Gasteiger partial charge on any atom is 0.300 e. The molecule has 0 saturated heterocycles. The average molecular weight is 330 g/mol. The first kappa shape index (κ1) is 15.1. The van der Waals surface area contributed by atoms with Crippen LogP contribution < -0.4 is 5.32 Å². The molecule has 0 aliphatic carbocycles. The van der Waals surface area contributed by atoms with Crippen molar-refractivity contribution in [2.75, 3.05) is 5.32 Å². The van der Waals surface area contributed by atoms with Crippen molar-refractivity contribution in [2.24, 2.45) is 0 Å². The number of carbonyl (C=O) groups excluding carboxylic acids is 1. The van der Waals surface area contributed by atoms with E-state index >= 15 is 0 Å². The Hall–Kier alpha value is -3.47. The number of rotatable bonds is 2. The van der Waals surface area contributed by atoms with Gasteiger partial charge in [-0.05, 0) is 39.1 Å². The van der Waals surface area contributed by atoms with Crippen LogP contribution in [0.25, 0.3) is 32.3 Å². The first-order chi connectivity index (χ1) is 12.1. The smallest absolute Gasteiger partial charge is 0.300 e. The molecule has 1 amide bonds. The van der Waals surface area contributed by atoms with Crippen LogP contribution in [0.2, 0.25) is 0 Å². The lowest BCUT2D eigenvalue weighted by Gasteiger charge is -2.10. The molecule has 1 N–H and O–H groups in total. The van der Waals surface area contributed by atoms with Crippen LogP contribution in [0.3, 0.4) is 0 Å². The van der Waals surface area contributed by atoms with Gasteiger partial charge in [-0.2, -0.15) is 0 Å². The SMILES string of the molecule is CC(=O)Nc1ccc2c(ccc3c4ccccc4ccc23)c1[N+](=O)[O-]. The van der Waals surface area contributed by atoms with Gasteiger partial charge in [0, 0.05) is 6.92 Å². The molecule has 0 fully saturated rings. The van der Waals surface area contributed by atoms with Crippen molar-refractivity contribution in [3.8, 4) is 0 Å². The van der Waals surface area contributed by atoms with E-state index in [9.17, 15) is 14.9 Å². The van der Waals surface area contributed by atoms with Gasteiger partial charge in [0.15, 0.2) is 0 Å². The standard InChI is InChI=1S/C20H14N2O3/c1-12(23)21-19-11-10-17-16-7-6-13-4-2-3-5-14(13)15(16)8-9-18(17)20(19)22(24)25/h2-11H,1H3,(H,21,23). The van der Waals surface area contributed by atoms with Crippen molar-refractivity contribution in [3.05, 3.63) is 70.8 Å². The lowest BCUT2D eigenvalue weighted by Crippen LogP contribution is -2.08. The lowest BCUT2D eigenvalue weighted by molar-refractivity contribution is -0.382. The van der Waals surface area contributed by atoms with E-state index in [1.54, 1.807) is 12.1 Å². The van der Waals surface area contributed by atoms with Crippen molar-refractivity contribution < 1.29 is 9.72 Å². The molecule has 0 bridgehead atoms. The van der Waals surface area contributed by atoms with Crippen molar-refractivity contribution >= 4 is 49.6 Å². The van der Waals surface area contributed by atoms with Crippen molar-refractivity contribution in [3.63, 3.8) is 0 Å². The van der Waals surface area contributed by atoms with Gasteiger partial charge in [0.25, 0.3) is 0 Å². The zero-order valence-electron chi connectivity index (χ0n) is 13.4. The zero-order chi connectivity index (χ0) is 17.6. The number of anilines is 1. The molecule has 0 radical (unpaired) electrons. The molecule has 0 saturated carbocycles. The van der Waals surface area contributed by atoms with Gasteiger partial charge in [0.05, 0.1) is 10.3 Å². The Kier molecular flexibility index (Phi) is 3.35. The summed E-state index contributed by atoms with van der Waals surface area (Å²) in [6.45, 7) is 1.33. The summed E-state index contributed by atoms with van der Waals surface area (Å²) < 4.78 is 0. The van der Waals surface area contributed by atoms with Crippen LogP contribution in [-0.2, 0) is 4.79 Å². The predicted molar refractivity (Wildman–Crippen MR) is 99.9 cm³/mol. The van der Waals surface area contributed by atoms with Gasteiger partial charge in [0.2, 0.25) is 5.91 Å². The Bertz CT molecular complexity index is 1180. The molecule has 122 valence electrons. The summed E-state index contributed by atoms with van der Waals surface area (Å²) in [5, 5.41) is 19.7. The number of nitro groups is 1. The van der Waals surface area contributed by atoms with Gasteiger partial charge in [-0.3, -0.25) is 14.9 Å². The minimum Gasteiger partial charge on any atom is -0.321 e. The highest BCUT2D eigenvalue weighted by Gasteiger charge is 2.20. The number of benzene rings is 4. The predicted octanol–water partition coefficient (Wildman–Crippen LogP) is 5.01. The number of nitrogens with zero attached hydrogens (tertiary/aromatic N) is 1. The molecular weight excluding hydrogens is 316 g/mol. The van der Waals surface area contributed by atoms with E-state index in [4.69, 9.17) is 0 Å². The lowest BCUT2D eigenvalue weighted by atomic mass is 9.96. The molecule has 4 aromatic rings. The highest BCUT2D eigenvalue weighted by Crippen LogP contribution is 2.38. The summed E-state index contributed by atoms with van der Waals surface area (Å²) >= 11 is 0. The minimum atomic E-state index is -0.444. The van der Waals surface area contributed by atoms with Crippen LogP contribution in [0.15, 0.2) is 60.7 Å². The Labute approximate surface area is 143 Å². The number of nitro benzene ring substituents is 1. The molecule has 4 aromatic carbocycles. The molecule has 0 aromatic heterocycles. The summed E-state index contributed by atoms with van der Waals surface area (Å²) in [5.41, 5.74) is 0.132. The van der Waals surface area contributed by atoms with Gasteiger partial charge in [-0.15, -0.1) is 0 Å². The van der Waals surface area contributed by atoms with Gasteiger partial charge >= 0.3 is 5.69 Å². The second kappa shape index (κ2) is 5.56. The van der Waals surface area contributed by atoms with E-state index in [1.165, 1.54) is 6.92 Å². The van der Waals surface area contributed by atoms with Crippen LogP contribution in [0.1, 0.15) is 6.92 Å². The zero-order valence-corrected chi connectivity index (χ0v) is 13.4. The van der Waals surface area contributed by atoms with Crippen molar-refractivity contribution in [2.45, 2.75) is 6.92 Å². The topological polar surface area (TPSA) is 72.2 Å². The summed E-state index contributed by atoms with van der Waals surface area (Å²) in [5.74, 6) is -0.339. The minimum absolute atomic E-state index is 0.0808. The number of hydrogen-bond acceptors (Lipinski definition) is 3.